The fourth-order valence-corrected chi connectivity index (χ4v) is 2.31. The van der Waals surface area contributed by atoms with Gasteiger partial charge in [-0.3, -0.25) is 0 Å². The monoisotopic (exact) mass is 293 g/mol. The molecule has 0 spiro atoms. The van der Waals surface area contributed by atoms with E-state index >= 15 is 0 Å². The second-order valence-electron chi connectivity index (χ2n) is 4.47. The predicted octanol–water partition coefficient (Wildman–Crippen LogP) is 1.46. The van der Waals surface area contributed by atoms with Crippen LogP contribution < -0.4 is 14.2 Å². The van der Waals surface area contributed by atoms with Gasteiger partial charge >= 0.3 is 5.97 Å². The van der Waals surface area contributed by atoms with Crippen molar-refractivity contribution in [3.05, 3.63) is 17.7 Å². The van der Waals surface area contributed by atoms with Gasteiger partial charge in [-0.05, 0) is 19.1 Å². The Hall–Kier alpha value is -2.44. The van der Waals surface area contributed by atoms with Gasteiger partial charge < -0.3 is 23.7 Å². The van der Waals surface area contributed by atoms with Crippen LogP contribution in [-0.4, -0.2) is 38.9 Å². The van der Waals surface area contributed by atoms with Crippen molar-refractivity contribution < 1.29 is 28.5 Å². The van der Waals surface area contributed by atoms with E-state index in [2.05, 4.69) is 4.99 Å². The SMILES string of the molecule is CCOC(=O)C1N=COC1c1cc(OC)c2c(c1)OCO2. The summed E-state index contributed by atoms with van der Waals surface area (Å²) < 4.78 is 26.4. The first kappa shape index (κ1) is 13.5. The summed E-state index contributed by atoms with van der Waals surface area (Å²) in [5, 5.41) is 0. The highest BCUT2D eigenvalue weighted by atomic mass is 16.7. The van der Waals surface area contributed by atoms with Crippen LogP contribution in [-0.2, 0) is 14.3 Å². The Kier molecular flexibility index (Phi) is 3.55. The van der Waals surface area contributed by atoms with Gasteiger partial charge in [0.05, 0.1) is 13.7 Å². The maximum absolute atomic E-state index is 11.9. The number of methoxy groups -OCH3 is 1. The zero-order valence-corrected chi connectivity index (χ0v) is 11.7. The van der Waals surface area contributed by atoms with Crippen LogP contribution in [0.2, 0.25) is 0 Å². The van der Waals surface area contributed by atoms with Crippen molar-refractivity contribution in [2.24, 2.45) is 4.99 Å². The summed E-state index contributed by atoms with van der Waals surface area (Å²) in [4.78, 5) is 15.9. The topological polar surface area (TPSA) is 75.6 Å². The van der Waals surface area contributed by atoms with Crippen LogP contribution in [0, 0.1) is 0 Å². The number of rotatable bonds is 4. The highest BCUT2D eigenvalue weighted by Gasteiger charge is 2.36. The summed E-state index contributed by atoms with van der Waals surface area (Å²) >= 11 is 0. The fourth-order valence-electron chi connectivity index (χ4n) is 2.31. The summed E-state index contributed by atoms with van der Waals surface area (Å²) in [5.74, 6) is 1.21. The van der Waals surface area contributed by atoms with Crippen LogP contribution in [0.25, 0.3) is 0 Å². The standard InChI is InChI=1S/C14H15NO6/c1-3-18-14(16)11-12(19-6-15-11)8-4-9(17-2)13-10(5-8)20-7-21-13/h4-6,11-12H,3,7H2,1-2H3. The Labute approximate surface area is 121 Å². The Morgan fingerprint density at radius 2 is 2.29 bits per heavy atom. The van der Waals surface area contributed by atoms with Crippen molar-refractivity contribution in [3.63, 3.8) is 0 Å². The summed E-state index contributed by atoms with van der Waals surface area (Å²) in [7, 11) is 1.54. The third-order valence-corrected chi connectivity index (χ3v) is 3.25. The molecule has 2 aliphatic rings. The lowest BCUT2D eigenvalue weighted by Gasteiger charge is -2.17. The van der Waals surface area contributed by atoms with Crippen molar-refractivity contribution in [2.75, 3.05) is 20.5 Å². The third-order valence-electron chi connectivity index (χ3n) is 3.25. The third kappa shape index (κ3) is 2.35. The molecular formula is C14H15NO6. The zero-order chi connectivity index (χ0) is 14.8. The minimum absolute atomic E-state index is 0.137. The first-order chi connectivity index (χ1) is 10.2. The van der Waals surface area contributed by atoms with Crippen molar-refractivity contribution >= 4 is 12.4 Å². The van der Waals surface area contributed by atoms with Gasteiger partial charge in [0.2, 0.25) is 12.5 Å². The lowest BCUT2D eigenvalue weighted by atomic mass is 10.0. The van der Waals surface area contributed by atoms with Crippen molar-refractivity contribution in [1.29, 1.82) is 0 Å². The van der Waals surface area contributed by atoms with E-state index in [1.54, 1.807) is 19.1 Å². The maximum atomic E-state index is 11.9. The van der Waals surface area contributed by atoms with E-state index in [0.717, 1.165) is 0 Å². The van der Waals surface area contributed by atoms with Gasteiger partial charge in [0.25, 0.3) is 0 Å². The Bertz CT molecular complexity index is 585. The number of aliphatic imine (C=N–C) groups is 1. The molecule has 0 aromatic heterocycles. The van der Waals surface area contributed by atoms with Crippen LogP contribution in [0.5, 0.6) is 17.2 Å². The van der Waals surface area contributed by atoms with Crippen LogP contribution >= 0.6 is 0 Å². The number of fused-ring (bicyclic) bond motifs is 1. The quantitative estimate of drug-likeness (QED) is 0.782. The highest BCUT2D eigenvalue weighted by Crippen LogP contribution is 2.44. The smallest absolute Gasteiger partial charge is 0.335 e. The van der Waals surface area contributed by atoms with E-state index in [1.807, 2.05) is 0 Å². The number of carbonyl (C=O) groups is 1. The number of carbonyl (C=O) groups excluding carboxylic acids is 1. The lowest BCUT2D eigenvalue weighted by molar-refractivity contribution is -0.146. The number of benzene rings is 1. The highest BCUT2D eigenvalue weighted by molar-refractivity contribution is 5.80. The van der Waals surface area contributed by atoms with Gasteiger partial charge in [0, 0.05) is 5.56 Å². The Balaban J connectivity index is 1.91. The van der Waals surface area contributed by atoms with Gasteiger partial charge in [0.15, 0.2) is 30.0 Å². The fraction of sp³-hybridized carbons (Fsp3) is 0.429. The summed E-state index contributed by atoms with van der Waals surface area (Å²) in [6.45, 7) is 2.18. The molecule has 2 heterocycles. The molecule has 0 N–H and O–H groups in total. The molecule has 0 aliphatic carbocycles. The molecule has 112 valence electrons. The van der Waals surface area contributed by atoms with Crippen LogP contribution in [0.4, 0.5) is 0 Å². The van der Waals surface area contributed by atoms with E-state index in [-0.39, 0.29) is 6.79 Å². The van der Waals surface area contributed by atoms with E-state index in [4.69, 9.17) is 23.7 Å². The van der Waals surface area contributed by atoms with E-state index in [9.17, 15) is 4.79 Å². The van der Waals surface area contributed by atoms with Crippen molar-refractivity contribution in [3.8, 4) is 17.2 Å². The molecule has 3 rings (SSSR count). The molecule has 7 heteroatoms. The van der Waals surface area contributed by atoms with Crippen molar-refractivity contribution in [1.82, 2.24) is 0 Å². The molecule has 2 aliphatic heterocycles. The molecule has 21 heavy (non-hydrogen) atoms. The molecule has 1 aromatic rings. The average Bonchev–Trinajstić information content (AvgIpc) is 3.14. The van der Waals surface area contributed by atoms with Gasteiger partial charge in [-0.2, -0.15) is 0 Å². The summed E-state index contributed by atoms with van der Waals surface area (Å²) in [6, 6.07) is 2.78. The molecule has 0 bridgehead atoms. The minimum Gasteiger partial charge on any atom is -0.493 e. The first-order valence-electron chi connectivity index (χ1n) is 6.56. The number of hydrogen-bond acceptors (Lipinski definition) is 7. The Morgan fingerprint density at radius 3 is 3.05 bits per heavy atom. The van der Waals surface area contributed by atoms with Crippen LogP contribution in [0.1, 0.15) is 18.6 Å². The lowest BCUT2D eigenvalue weighted by Crippen LogP contribution is -2.26. The number of ether oxygens (including phenoxy) is 5. The normalized spacial score (nSPS) is 22.0. The van der Waals surface area contributed by atoms with Crippen molar-refractivity contribution in [2.45, 2.75) is 19.1 Å². The number of nitrogens with zero attached hydrogens (tertiary/aromatic N) is 1. The number of hydrogen-bond donors (Lipinski definition) is 0. The average molecular weight is 293 g/mol. The number of esters is 1. The van der Waals surface area contributed by atoms with E-state index in [0.29, 0.717) is 29.4 Å². The van der Waals surface area contributed by atoms with Gasteiger partial charge in [0.1, 0.15) is 0 Å². The summed E-state index contributed by atoms with van der Waals surface area (Å²) in [5.41, 5.74) is 0.714. The van der Waals surface area contributed by atoms with E-state index < -0.39 is 18.1 Å². The molecule has 7 nitrogen and oxygen atoms in total. The maximum Gasteiger partial charge on any atom is 0.335 e. The molecule has 0 saturated heterocycles. The second-order valence-corrected chi connectivity index (χ2v) is 4.47. The first-order valence-corrected chi connectivity index (χ1v) is 6.56. The molecule has 0 amide bonds. The molecule has 1 aromatic carbocycles. The van der Waals surface area contributed by atoms with E-state index in [1.165, 1.54) is 13.5 Å². The second kappa shape index (κ2) is 5.51. The largest absolute Gasteiger partial charge is 0.493 e. The summed E-state index contributed by atoms with van der Waals surface area (Å²) in [6.07, 6.45) is 0.705. The molecule has 2 atom stereocenters. The van der Waals surface area contributed by atoms with Crippen LogP contribution in [0.15, 0.2) is 17.1 Å². The van der Waals surface area contributed by atoms with Gasteiger partial charge in [-0.25, -0.2) is 9.79 Å². The molecular weight excluding hydrogens is 278 g/mol. The molecule has 2 unspecified atom stereocenters. The Morgan fingerprint density at radius 1 is 1.43 bits per heavy atom. The zero-order valence-electron chi connectivity index (χ0n) is 11.7. The van der Waals surface area contributed by atoms with Gasteiger partial charge in [-0.1, -0.05) is 0 Å². The minimum atomic E-state index is -0.727. The molecule has 0 fully saturated rings. The molecule has 0 radical (unpaired) electrons. The van der Waals surface area contributed by atoms with Crippen LogP contribution in [0.3, 0.4) is 0 Å². The predicted molar refractivity (Wildman–Crippen MR) is 71.9 cm³/mol. The molecule has 0 saturated carbocycles. The van der Waals surface area contributed by atoms with Gasteiger partial charge in [-0.15, -0.1) is 0 Å².